The molecule has 1 aliphatic rings. The predicted molar refractivity (Wildman–Crippen MR) is 68.6 cm³/mol. The second-order valence-corrected chi connectivity index (χ2v) is 3.71. The van der Waals surface area contributed by atoms with Crippen molar-refractivity contribution >= 4 is 17.4 Å². The summed E-state index contributed by atoms with van der Waals surface area (Å²) in [5.74, 6) is 0.832. The monoisotopic (exact) mass is 240 g/mol. The van der Waals surface area contributed by atoms with Gasteiger partial charge in [0.15, 0.2) is 0 Å². The zero-order valence-corrected chi connectivity index (χ0v) is 10.6. The van der Waals surface area contributed by atoms with Crippen LogP contribution in [0.15, 0.2) is 17.1 Å². The highest BCUT2D eigenvalue weighted by Crippen LogP contribution is 2.29. The Hall–Kier alpha value is -1.22. The second-order valence-electron chi connectivity index (χ2n) is 3.30. The molecule has 0 saturated carbocycles. The van der Waals surface area contributed by atoms with Gasteiger partial charge in [-0.15, -0.1) is 0 Å². The summed E-state index contributed by atoms with van der Waals surface area (Å²) in [5.41, 5.74) is 1.70. The molecule has 0 aliphatic carbocycles. The van der Waals surface area contributed by atoms with Crippen LogP contribution in [0.4, 0.5) is 0 Å². The summed E-state index contributed by atoms with van der Waals surface area (Å²) in [6, 6.07) is 3.61. The maximum atomic E-state index is 9.73. The molecule has 0 saturated heterocycles. The summed E-state index contributed by atoms with van der Waals surface area (Å²) >= 11 is 5.86. The van der Waals surface area contributed by atoms with Crippen LogP contribution in [0.5, 0.6) is 5.75 Å². The molecule has 88 valence electrons. The molecule has 3 nitrogen and oxygen atoms in total. The third-order valence-corrected chi connectivity index (χ3v) is 2.43. The Bertz CT molecular complexity index is 402. The van der Waals surface area contributed by atoms with Gasteiger partial charge in [-0.1, -0.05) is 25.4 Å². The number of rotatable bonds is 1. The van der Waals surface area contributed by atoms with Gasteiger partial charge < -0.3 is 10.4 Å². The molecule has 0 bridgehead atoms. The number of amidine groups is 1. The van der Waals surface area contributed by atoms with Crippen molar-refractivity contribution in [3.8, 4) is 5.75 Å². The van der Waals surface area contributed by atoms with Crippen molar-refractivity contribution in [2.75, 3.05) is 13.1 Å². The van der Waals surface area contributed by atoms with Crippen LogP contribution >= 0.6 is 11.6 Å². The molecule has 0 atom stereocenters. The van der Waals surface area contributed by atoms with E-state index in [4.69, 9.17) is 11.6 Å². The average Bonchev–Trinajstić information content (AvgIpc) is 2.79. The van der Waals surface area contributed by atoms with Gasteiger partial charge in [-0.25, -0.2) is 0 Å². The molecule has 0 amide bonds. The van der Waals surface area contributed by atoms with E-state index < -0.39 is 0 Å². The molecule has 2 N–H and O–H groups in total. The van der Waals surface area contributed by atoms with Crippen molar-refractivity contribution in [2.45, 2.75) is 20.8 Å². The van der Waals surface area contributed by atoms with Crippen LogP contribution in [0.2, 0.25) is 5.02 Å². The summed E-state index contributed by atoms with van der Waals surface area (Å²) < 4.78 is 0. The van der Waals surface area contributed by atoms with Crippen molar-refractivity contribution in [3.05, 3.63) is 28.3 Å². The van der Waals surface area contributed by atoms with Gasteiger partial charge >= 0.3 is 0 Å². The van der Waals surface area contributed by atoms with Crippen molar-refractivity contribution in [2.24, 2.45) is 4.99 Å². The van der Waals surface area contributed by atoms with Gasteiger partial charge in [-0.3, -0.25) is 4.99 Å². The molecule has 1 heterocycles. The first-order valence-electron chi connectivity index (χ1n) is 5.46. The molecular weight excluding hydrogens is 224 g/mol. The van der Waals surface area contributed by atoms with E-state index in [1.54, 1.807) is 6.07 Å². The smallest absolute Gasteiger partial charge is 0.145 e. The van der Waals surface area contributed by atoms with Gasteiger partial charge in [-0.2, -0.15) is 0 Å². The van der Waals surface area contributed by atoms with E-state index in [1.165, 1.54) is 0 Å². The molecule has 1 aliphatic heterocycles. The number of nitrogens with zero attached hydrogens (tertiary/aromatic N) is 1. The van der Waals surface area contributed by atoms with E-state index >= 15 is 0 Å². The summed E-state index contributed by atoms with van der Waals surface area (Å²) in [7, 11) is 0. The third kappa shape index (κ3) is 2.67. The largest absolute Gasteiger partial charge is 0.506 e. The maximum Gasteiger partial charge on any atom is 0.145 e. The summed E-state index contributed by atoms with van der Waals surface area (Å²) in [6.45, 7) is 7.50. The number of hydrogen-bond donors (Lipinski definition) is 2. The number of aliphatic imine (C=N–C) groups is 1. The van der Waals surface area contributed by atoms with Gasteiger partial charge in [0.2, 0.25) is 0 Å². The number of phenols is 1. The highest BCUT2D eigenvalue weighted by molar-refractivity contribution is 6.32. The Morgan fingerprint density at radius 3 is 2.62 bits per heavy atom. The molecule has 2 rings (SSSR count). The third-order valence-electron chi connectivity index (χ3n) is 2.14. The Balaban J connectivity index is 0.000000606. The molecule has 0 fully saturated rings. The van der Waals surface area contributed by atoms with E-state index in [9.17, 15) is 5.11 Å². The van der Waals surface area contributed by atoms with E-state index in [2.05, 4.69) is 10.3 Å². The second kappa shape index (κ2) is 5.75. The van der Waals surface area contributed by atoms with Gasteiger partial charge in [0.25, 0.3) is 0 Å². The summed E-state index contributed by atoms with van der Waals surface area (Å²) in [6.07, 6.45) is 0. The fourth-order valence-corrected chi connectivity index (χ4v) is 1.77. The van der Waals surface area contributed by atoms with E-state index in [0.717, 1.165) is 24.5 Å². The van der Waals surface area contributed by atoms with Gasteiger partial charge in [-0.05, 0) is 24.6 Å². The van der Waals surface area contributed by atoms with E-state index in [1.807, 2.05) is 26.8 Å². The number of benzene rings is 1. The molecular formula is C12H17ClN2O. The van der Waals surface area contributed by atoms with Gasteiger partial charge in [0.05, 0.1) is 17.1 Å². The number of hydrogen-bond acceptors (Lipinski definition) is 3. The summed E-state index contributed by atoms with van der Waals surface area (Å²) in [5, 5.41) is 13.2. The standard InChI is InChI=1S/C10H11ClN2O.C2H6/c1-6-4-7(9(14)8(11)5-6)10-12-2-3-13-10;1-2/h4-5,14H,2-3H2,1H3,(H,12,13);1-2H3. The Morgan fingerprint density at radius 1 is 1.38 bits per heavy atom. The molecule has 1 aromatic rings. The van der Waals surface area contributed by atoms with Crippen LogP contribution in [-0.2, 0) is 0 Å². The number of aromatic hydroxyl groups is 1. The number of nitrogens with one attached hydrogen (secondary N) is 1. The molecule has 0 unspecified atom stereocenters. The molecule has 16 heavy (non-hydrogen) atoms. The zero-order chi connectivity index (χ0) is 12.1. The minimum Gasteiger partial charge on any atom is -0.506 e. The van der Waals surface area contributed by atoms with Crippen molar-refractivity contribution in [1.82, 2.24) is 5.32 Å². The van der Waals surface area contributed by atoms with Crippen LogP contribution in [0.25, 0.3) is 0 Å². The van der Waals surface area contributed by atoms with Crippen LogP contribution < -0.4 is 5.32 Å². The fraction of sp³-hybridized carbons (Fsp3) is 0.417. The number of aryl methyl sites for hydroxylation is 1. The first kappa shape index (κ1) is 12.8. The van der Waals surface area contributed by atoms with Crippen LogP contribution in [0.1, 0.15) is 25.0 Å². The minimum absolute atomic E-state index is 0.102. The first-order chi connectivity index (χ1) is 7.68. The molecule has 0 aromatic heterocycles. The normalized spacial score (nSPS) is 13.6. The SMILES string of the molecule is CC.Cc1cc(Cl)c(O)c(C2=NCCN2)c1. The molecule has 1 aromatic carbocycles. The number of phenolic OH excluding ortho intramolecular Hbond substituents is 1. The number of halogens is 1. The molecule has 4 heteroatoms. The van der Waals surface area contributed by atoms with E-state index in [0.29, 0.717) is 10.6 Å². The van der Waals surface area contributed by atoms with Crippen molar-refractivity contribution < 1.29 is 5.11 Å². The van der Waals surface area contributed by atoms with Crippen LogP contribution in [0, 0.1) is 6.92 Å². The quantitative estimate of drug-likeness (QED) is 0.793. The predicted octanol–water partition coefficient (Wildman–Crippen LogP) is 2.73. The van der Waals surface area contributed by atoms with Gasteiger partial charge in [0.1, 0.15) is 11.6 Å². The van der Waals surface area contributed by atoms with Crippen LogP contribution in [0.3, 0.4) is 0 Å². The Morgan fingerprint density at radius 2 is 2.06 bits per heavy atom. The van der Waals surface area contributed by atoms with Gasteiger partial charge in [0, 0.05) is 6.54 Å². The lowest BCUT2D eigenvalue weighted by Gasteiger charge is -2.07. The summed E-state index contributed by atoms with van der Waals surface area (Å²) in [4.78, 5) is 4.24. The lowest BCUT2D eigenvalue weighted by Crippen LogP contribution is -2.19. The molecule has 0 spiro atoms. The lowest BCUT2D eigenvalue weighted by atomic mass is 10.1. The van der Waals surface area contributed by atoms with Crippen LogP contribution in [-0.4, -0.2) is 24.0 Å². The fourth-order valence-electron chi connectivity index (χ4n) is 1.49. The Labute approximate surface area is 101 Å². The topological polar surface area (TPSA) is 44.6 Å². The van der Waals surface area contributed by atoms with Crippen molar-refractivity contribution in [1.29, 1.82) is 0 Å². The highest BCUT2D eigenvalue weighted by atomic mass is 35.5. The average molecular weight is 241 g/mol. The minimum atomic E-state index is 0.102. The van der Waals surface area contributed by atoms with E-state index in [-0.39, 0.29) is 5.75 Å². The first-order valence-corrected chi connectivity index (χ1v) is 5.84. The highest BCUT2D eigenvalue weighted by Gasteiger charge is 2.14. The Kier molecular flexibility index (Phi) is 4.62. The lowest BCUT2D eigenvalue weighted by molar-refractivity contribution is 0.474. The maximum absolute atomic E-state index is 9.73. The van der Waals surface area contributed by atoms with Crippen molar-refractivity contribution in [3.63, 3.8) is 0 Å². The molecule has 0 radical (unpaired) electrons. The zero-order valence-electron chi connectivity index (χ0n) is 9.84.